The summed E-state index contributed by atoms with van der Waals surface area (Å²) in [6, 6.07) is 0. The number of hydrogen-bond acceptors (Lipinski definition) is 2. The number of guanidine groups is 1. The largest absolute Gasteiger partial charge is 0.356 e. The molecule has 0 saturated heterocycles. The van der Waals surface area contributed by atoms with E-state index in [1.165, 1.54) is 0 Å². The summed E-state index contributed by atoms with van der Waals surface area (Å²) >= 11 is 2.32. The average molecular weight is 294 g/mol. The van der Waals surface area contributed by atoms with E-state index in [0.29, 0.717) is 12.5 Å². The van der Waals surface area contributed by atoms with Gasteiger partial charge in [-0.3, -0.25) is 10.3 Å². The van der Waals surface area contributed by atoms with Crippen LogP contribution in [0.5, 0.6) is 0 Å². The number of halogens is 1. The maximum Gasteiger partial charge on any atom is 0.204 e. The van der Waals surface area contributed by atoms with Gasteiger partial charge in [0, 0.05) is 9.97 Å². The Morgan fingerprint density at radius 1 is 1.62 bits per heavy atom. The van der Waals surface area contributed by atoms with Gasteiger partial charge in [-0.15, -0.1) is 0 Å². The average Bonchev–Trinajstić information content (AvgIpc) is 2.00. The van der Waals surface area contributed by atoms with Gasteiger partial charge >= 0.3 is 0 Å². The number of aliphatic imine (C=N–C) groups is 1. The summed E-state index contributed by atoms with van der Waals surface area (Å²) in [7, 11) is 0. The van der Waals surface area contributed by atoms with Crippen LogP contribution < -0.4 is 10.6 Å². The molecule has 0 radical (unpaired) electrons. The topological polar surface area (TPSA) is 60.2 Å². The van der Waals surface area contributed by atoms with E-state index in [2.05, 4.69) is 52.1 Å². The first-order valence-corrected chi connectivity index (χ1v) is 5.20. The maximum absolute atomic E-state index is 8.41. The molecule has 0 aromatic heterocycles. The molecule has 0 unspecified atom stereocenters. The summed E-state index contributed by atoms with van der Waals surface area (Å²) in [5.74, 6) is 0.551. The Labute approximate surface area is 92.9 Å². The lowest BCUT2D eigenvalue weighted by molar-refractivity contribution is 0.749. The lowest BCUT2D eigenvalue weighted by Gasteiger charge is -2.13. The molecule has 0 bridgehead atoms. The molecule has 0 amide bonds. The Hall–Kier alpha value is -0.510. The van der Waals surface area contributed by atoms with Gasteiger partial charge in [-0.05, 0) is 20.8 Å². The Morgan fingerprint density at radius 3 is 2.62 bits per heavy atom. The summed E-state index contributed by atoms with van der Waals surface area (Å²) in [5, 5.41) is 13.9. The molecule has 0 rings (SSSR count). The molecule has 2 N–H and O–H groups in total. The maximum atomic E-state index is 8.41. The molecule has 0 spiro atoms. The van der Waals surface area contributed by atoms with Crippen LogP contribution in [0.25, 0.3) is 0 Å². The summed E-state index contributed by atoms with van der Waals surface area (Å²) in [6.07, 6.45) is 1.84. The van der Waals surface area contributed by atoms with Crippen LogP contribution in [-0.4, -0.2) is 22.5 Å². The predicted molar refractivity (Wildman–Crippen MR) is 62.8 cm³/mol. The Kier molecular flexibility index (Phi) is 5.79. The lowest BCUT2D eigenvalue weighted by Crippen LogP contribution is -2.35. The standard InChI is InChI=1S/C8H15IN4/c1-4-11-7(13-6-10)12-5-8(2,3)9/h4-5H2,1-3H3,(H2,11,12,13). The fraction of sp³-hybridized carbons (Fsp3) is 0.750. The highest BCUT2D eigenvalue weighted by Gasteiger charge is 2.11. The quantitative estimate of drug-likeness (QED) is 0.206. The van der Waals surface area contributed by atoms with Gasteiger partial charge in [0.25, 0.3) is 0 Å². The van der Waals surface area contributed by atoms with Crippen molar-refractivity contribution in [3.8, 4) is 6.19 Å². The second-order valence-corrected chi connectivity index (χ2v) is 6.07. The highest BCUT2D eigenvalue weighted by atomic mass is 127. The van der Waals surface area contributed by atoms with Crippen LogP contribution in [0.3, 0.4) is 0 Å². The first-order valence-electron chi connectivity index (χ1n) is 4.12. The van der Waals surface area contributed by atoms with Crippen molar-refractivity contribution >= 4 is 28.6 Å². The van der Waals surface area contributed by atoms with E-state index in [1.807, 2.05) is 13.1 Å². The van der Waals surface area contributed by atoms with E-state index in [1.54, 1.807) is 0 Å². The van der Waals surface area contributed by atoms with Crippen molar-refractivity contribution in [3.63, 3.8) is 0 Å². The monoisotopic (exact) mass is 294 g/mol. The molecule has 0 heterocycles. The van der Waals surface area contributed by atoms with E-state index in [4.69, 9.17) is 5.26 Å². The van der Waals surface area contributed by atoms with Crippen LogP contribution in [0.4, 0.5) is 0 Å². The molecule has 0 fully saturated rings. The molecule has 13 heavy (non-hydrogen) atoms. The first-order chi connectivity index (χ1) is 5.99. The van der Waals surface area contributed by atoms with Crippen molar-refractivity contribution in [2.45, 2.75) is 24.2 Å². The molecular weight excluding hydrogens is 279 g/mol. The number of nitrogens with zero attached hydrogens (tertiary/aromatic N) is 2. The van der Waals surface area contributed by atoms with Gasteiger partial charge in [0.05, 0.1) is 6.54 Å². The number of alkyl halides is 1. The van der Waals surface area contributed by atoms with E-state index in [0.717, 1.165) is 6.54 Å². The predicted octanol–water partition coefficient (Wildman–Crippen LogP) is 1.24. The van der Waals surface area contributed by atoms with Gasteiger partial charge < -0.3 is 5.32 Å². The Balaban J connectivity index is 4.12. The van der Waals surface area contributed by atoms with Crippen molar-refractivity contribution in [2.24, 2.45) is 4.99 Å². The van der Waals surface area contributed by atoms with Crippen LogP contribution in [0.1, 0.15) is 20.8 Å². The third-order valence-electron chi connectivity index (χ3n) is 1.13. The summed E-state index contributed by atoms with van der Waals surface area (Å²) in [4.78, 5) is 4.24. The van der Waals surface area contributed by atoms with Gasteiger partial charge in [-0.25, -0.2) is 0 Å². The zero-order valence-electron chi connectivity index (χ0n) is 8.19. The molecular formula is C8H15IN4. The normalized spacial score (nSPS) is 12.1. The van der Waals surface area contributed by atoms with Gasteiger partial charge in [0.15, 0.2) is 6.19 Å². The second kappa shape index (κ2) is 6.02. The minimum atomic E-state index is 0.121. The van der Waals surface area contributed by atoms with Crippen molar-refractivity contribution in [3.05, 3.63) is 0 Å². The minimum absolute atomic E-state index is 0.121. The molecule has 0 aliphatic rings. The number of rotatable bonds is 3. The third kappa shape index (κ3) is 7.84. The van der Waals surface area contributed by atoms with Gasteiger partial charge in [0.1, 0.15) is 0 Å². The summed E-state index contributed by atoms with van der Waals surface area (Å²) < 4.78 is 0.121. The van der Waals surface area contributed by atoms with Crippen molar-refractivity contribution in [1.29, 1.82) is 5.26 Å². The fourth-order valence-electron chi connectivity index (χ4n) is 0.627. The third-order valence-corrected chi connectivity index (χ3v) is 1.47. The van der Waals surface area contributed by atoms with Crippen LogP contribution in [0.2, 0.25) is 0 Å². The van der Waals surface area contributed by atoms with Crippen LogP contribution in [-0.2, 0) is 0 Å². The van der Waals surface area contributed by atoms with Gasteiger partial charge in [-0.1, -0.05) is 22.6 Å². The van der Waals surface area contributed by atoms with Crippen molar-refractivity contribution < 1.29 is 0 Å². The Morgan fingerprint density at radius 2 is 2.23 bits per heavy atom. The van der Waals surface area contributed by atoms with Gasteiger partial charge in [-0.2, -0.15) is 5.26 Å². The molecule has 0 aliphatic carbocycles. The zero-order chi connectivity index (χ0) is 10.3. The van der Waals surface area contributed by atoms with E-state index in [-0.39, 0.29) is 3.42 Å². The van der Waals surface area contributed by atoms with E-state index < -0.39 is 0 Å². The molecule has 0 aromatic rings. The second-order valence-electron chi connectivity index (χ2n) is 3.15. The SMILES string of the molecule is CCNC(=NCC(C)(C)I)NC#N. The molecule has 4 nitrogen and oxygen atoms in total. The molecule has 0 saturated carbocycles. The molecule has 0 aromatic carbocycles. The highest BCUT2D eigenvalue weighted by Crippen LogP contribution is 2.16. The van der Waals surface area contributed by atoms with E-state index in [9.17, 15) is 0 Å². The van der Waals surface area contributed by atoms with Crippen molar-refractivity contribution in [1.82, 2.24) is 10.6 Å². The Bertz CT molecular complexity index is 211. The molecule has 5 heteroatoms. The number of hydrogen-bond donors (Lipinski definition) is 2. The molecule has 0 atom stereocenters. The lowest BCUT2D eigenvalue weighted by atomic mass is 10.2. The summed E-state index contributed by atoms with van der Waals surface area (Å²) in [6.45, 7) is 7.59. The minimum Gasteiger partial charge on any atom is -0.356 e. The molecule has 0 aliphatic heterocycles. The van der Waals surface area contributed by atoms with Crippen LogP contribution in [0.15, 0.2) is 4.99 Å². The fourth-order valence-corrected chi connectivity index (χ4v) is 0.798. The smallest absolute Gasteiger partial charge is 0.204 e. The number of nitriles is 1. The summed E-state index contributed by atoms with van der Waals surface area (Å²) in [5.41, 5.74) is 0. The number of nitrogens with one attached hydrogen (secondary N) is 2. The first kappa shape index (κ1) is 12.5. The zero-order valence-corrected chi connectivity index (χ0v) is 10.3. The van der Waals surface area contributed by atoms with Crippen LogP contribution >= 0.6 is 22.6 Å². The van der Waals surface area contributed by atoms with Crippen molar-refractivity contribution in [2.75, 3.05) is 13.1 Å². The molecule has 74 valence electrons. The van der Waals surface area contributed by atoms with Gasteiger partial charge in [0.2, 0.25) is 5.96 Å². The van der Waals surface area contributed by atoms with Crippen LogP contribution in [0, 0.1) is 11.5 Å². The highest BCUT2D eigenvalue weighted by molar-refractivity contribution is 14.1. The van der Waals surface area contributed by atoms with E-state index >= 15 is 0 Å².